The summed E-state index contributed by atoms with van der Waals surface area (Å²) in [6, 6.07) is 8.09. The van der Waals surface area contributed by atoms with Gasteiger partial charge in [0.05, 0.1) is 23.8 Å². The SMILES string of the molecule is CCNC(=NCc1nc2ccccc2n1C)NCc1ncc(C(C)(C)C)o1.I. The van der Waals surface area contributed by atoms with Crippen molar-refractivity contribution in [3.63, 3.8) is 0 Å². The van der Waals surface area contributed by atoms with Crippen molar-refractivity contribution in [2.24, 2.45) is 12.0 Å². The molecule has 152 valence electrons. The third-order valence-corrected chi connectivity index (χ3v) is 4.30. The van der Waals surface area contributed by atoms with E-state index in [-0.39, 0.29) is 29.4 Å². The fraction of sp³-hybridized carbons (Fsp3) is 0.450. The van der Waals surface area contributed by atoms with Gasteiger partial charge in [0, 0.05) is 19.0 Å². The van der Waals surface area contributed by atoms with Gasteiger partial charge >= 0.3 is 0 Å². The molecule has 0 saturated heterocycles. The molecule has 2 aromatic heterocycles. The van der Waals surface area contributed by atoms with Crippen LogP contribution in [0.15, 0.2) is 39.9 Å². The highest BCUT2D eigenvalue weighted by molar-refractivity contribution is 14.0. The number of benzene rings is 1. The van der Waals surface area contributed by atoms with Crippen LogP contribution in [0.5, 0.6) is 0 Å². The summed E-state index contributed by atoms with van der Waals surface area (Å²) in [7, 11) is 2.02. The zero-order valence-electron chi connectivity index (χ0n) is 17.1. The quantitative estimate of drug-likeness (QED) is 0.320. The number of halogens is 1. The van der Waals surface area contributed by atoms with E-state index in [9.17, 15) is 0 Å². The van der Waals surface area contributed by atoms with Crippen LogP contribution in [0, 0.1) is 0 Å². The lowest BCUT2D eigenvalue weighted by atomic mass is 9.94. The van der Waals surface area contributed by atoms with Gasteiger partial charge in [0.15, 0.2) is 5.96 Å². The second kappa shape index (κ2) is 9.40. The first kappa shape index (κ1) is 22.2. The molecule has 8 heteroatoms. The van der Waals surface area contributed by atoms with E-state index in [1.807, 2.05) is 32.2 Å². The summed E-state index contributed by atoms with van der Waals surface area (Å²) >= 11 is 0. The number of hydrogen-bond donors (Lipinski definition) is 2. The minimum atomic E-state index is -0.0515. The zero-order chi connectivity index (χ0) is 19.4. The fourth-order valence-electron chi connectivity index (χ4n) is 2.73. The van der Waals surface area contributed by atoms with Crippen LogP contribution in [0.1, 0.15) is 45.2 Å². The summed E-state index contributed by atoms with van der Waals surface area (Å²) in [6.07, 6.45) is 1.79. The number of rotatable bonds is 5. The minimum absolute atomic E-state index is 0. The third kappa shape index (κ3) is 5.24. The summed E-state index contributed by atoms with van der Waals surface area (Å²) in [5.74, 6) is 3.15. The van der Waals surface area contributed by atoms with Crippen molar-refractivity contribution in [2.75, 3.05) is 6.54 Å². The van der Waals surface area contributed by atoms with Crippen molar-refractivity contribution in [3.8, 4) is 0 Å². The van der Waals surface area contributed by atoms with Crippen LogP contribution in [-0.2, 0) is 25.6 Å². The Balaban J connectivity index is 0.00000280. The van der Waals surface area contributed by atoms with Gasteiger partial charge in [0.25, 0.3) is 0 Å². The smallest absolute Gasteiger partial charge is 0.213 e. The Bertz CT molecular complexity index is 938. The minimum Gasteiger partial charge on any atom is -0.443 e. The monoisotopic (exact) mass is 496 g/mol. The number of nitrogens with zero attached hydrogens (tertiary/aromatic N) is 4. The van der Waals surface area contributed by atoms with E-state index in [0.717, 1.165) is 29.2 Å². The van der Waals surface area contributed by atoms with Crippen LogP contribution >= 0.6 is 24.0 Å². The van der Waals surface area contributed by atoms with Gasteiger partial charge in [-0.2, -0.15) is 0 Å². The van der Waals surface area contributed by atoms with Gasteiger partial charge in [0.1, 0.15) is 18.1 Å². The second-order valence-corrected chi connectivity index (χ2v) is 7.49. The van der Waals surface area contributed by atoms with Crippen molar-refractivity contribution in [3.05, 3.63) is 47.9 Å². The average molecular weight is 496 g/mol. The molecule has 7 nitrogen and oxygen atoms in total. The van der Waals surface area contributed by atoms with Gasteiger partial charge in [-0.15, -0.1) is 24.0 Å². The number of fused-ring (bicyclic) bond motifs is 1. The van der Waals surface area contributed by atoms with Gasteiger partial charge in [0.2, 0.25) is 5.89 Å². The van der Waals surface area contributed by atoms with E-state index in [2.05, 4.69) is 57.0 Å². The Morgan fingerprint density at radius 2 is 1.96 bits per heavy atom. The molecular weight excluding hydrogens is 467 g/mol. The van der Waals surface area contributed by atoms with Gasteiger partial charge in [-0.25, -0.2) is 15.0 Å². The maximum absolute atomic E-state index is 5.83. The molecule has 0 amide bonds. The maximum Gasteiger partial charge on any atom is 0.213 e. The van der Waals surface area contributed by atoms with Gasteiger partial charge in [-0.3, -0.25) is 0 Å². The van der Waals surface area contributed by atoms with Crippen LogP contribution in [0.3, 0.4) is 0 Å². The highest BCUT2D eigenvalue weighted by Gasteiger charge is 2.19. The summed E-state index contributed by atoms with van der Waals surface area (Å²) < 4.78 is 7.90. The zero-order valence-corrected chi connectivity index (χ0v) is 19.4. The molecule has 0 saturated carbocycles. The molecule has 2 N–H and O–H groups in total. The van der Waals surface area contributed by atoms with Crippen LogP contribution in [0.4, 0.5) is 0 Å². The molecule has 0 aliphatic carbocycles. The van der Waals surface area contributed by atoms with E-state index in [0.29, 0.717) is 24.9 Å². The Morgan fingerprint density at radius 1 is 1.21 bits per heavy atom. The summed E-state index contributed by atoms with van der Waals surface area (Å²) in [4.78, 5) is 13.7. The Morgan fingerprint density at radius 3 is 2.61 bits per heavy atom. The lowest BCUT2D eigenvalue weighted by Crippen LogP contribution is -2.37. The normalized spacial score (nSPS) is 12.1. The summed E-state index contributed by atoms with van der Waals surface area (Å²) in [5.41, 5.74) is 2.04. The lowest BCUT2D eigenvalue weighted by Gasteiger charge is -2.13. The molecular formula is C20H29IN6O. The average Bonchev–Trinajstić information content (AvgIpc) is 3.23. The Labute approximate surface area is 183 Å². The van der Waals surface area contributed by atoms with Crippen LogP contribution in [0.25, 0.3) is 11.0 Å². The predicted octanol–water partition coefficient (Wildman–Crippen LogP) is 3.73. The van der Waals surface area contributed by atoms with E-state index < -0.39 is 0 Å². The fourth-order valence-corrected chi connectivity index (χ4v) is 2.73. The predicted molar refractivity (Wildman–Crippen MR) is 123 cm³/mol. The number of para-hydroxylation sites is 2. The molecule has 0 bridgehead atoms. The van der Waals surface area contributed by atoms with E-state index in [1.165, 1.54) is 0 Å². The molecule has 1 aromatic carbocycles. The van der Waals surface area contributed by atoms with Crippen LogP contribution < -0.4 is 10.6 Å². The van der Waals surface area contributed by atoms with E-state index in [4.69, 9.17) is 4.42 Å². The first-order chi connectivity index (χ1) is 12.9. The van der Waals surface area contributed by atoms with Crippen molar-refractivity contribution >= 4 is 41.0 Å². The van der Waals surface area contributed by atoms with Crippen LogP contribution in [-0.4, -0.2) is 27.0 Å². The highest BCUT2D eigenvalue weighted by atomic mass is 127. The topological polar surface area (TPSA) is 80.3 Å². The van der Waals surface area contributed by atoms with E-state index in [1.54, 1.807) is 6.20 Å². The first-order valence-corrected chi connectivity index (χ1v) is 9.26. The third-order valence-electron chi connectivity index (χ3n) is 4.30. The number of aliphatic imine (C=N–C) groups is 1. The summed E-state index contributed by atoms with van der Waals surface area (Å²) in [6.45, 7) is 10.1. The number of imidazole rings is 1. The molecule has 0 fully saturated rings. The number of guanidine groups is 1. The lowest BCUT2D eigenvalue weighted by molar-refractivity contribution is 0.379. The molecule has 3 rings (SSSR count). The van der Waals surface area contributed by atoms with Crippen molar-refractivity contribution in [1.29, 1.82) is 0 Å². The van der Waals surface area contributed by atoms with E-state index >= 15 is 0 Å². The number of hydrogen-bond acceptors (Lipinski definition) is 4. The standard InChI is InChI=1S/C20H28N6O.HI/c1-6-21-19(24-13-18-22-11-16(27-18)20(2,3)4)23-12-17-25-14-9-7-8-10-15(14)26(17)5;/h7-11H,6,12-13H2,1-5H3,(H2,21,23,24);1H. The molecule has 2 heterocycles. The van der Waals surface area contributed by atoms with Crippen molar-refractivity contribution in [2.45, 2.75) is 46.2 Å². The van der Waals surface area contributed by atoms with Crippen molar-refractivity contribution in [1.82, 2.24) is 25.2 Å². The summed E-state index contributed by atoms with van der Waals surface area (Å²) in [5, 5.41) is 6.52. The Kier molecular flexibility index (Phi) is 7.45. The largest absolute Gasteiger partial charge is 0.443 e. The maximum atomic E-state index is 5.83. The van der Waals surface area contributed by atoms with Crippen molar-refractivity contribution < 1.29 is 4.42 Å². The molecule has 0 aliphatic rings. The molecule has 0 atom stereocenters. The molecule has 0 radical (unpaired) electrons. The number of aromatic nitrogens is 3. The number of nitrogens with one attached hydrogen (secondary N) is 2. The second-order valence-electron chi connectivity index (χ2n) is 7.49. The first-order valence-electron chi connectivity index (χ1n) is 9.26. The highest BCUT2D eigenvalue weighted by Crippen LogP contribution is 2.22. The molecule has 3 aromatic rings. The van der Waals surface area contributed by atoms with Gasteiger partial charge in [-0.05, 0) is 19.1 Å². The molecule has 0 aliphatic heterocycles. The molecule has 0 unspecified atom stereocenters. The molecule has 28 heavy (non-hydrogen) atoms. The number of aryl methyl sites for hydroxylation is 1. The Hall–Kier alpha value is -2.10. The van der Waals surface area contributed by atoms with Gasteiger partial charge in [-0.1, -0.05) is 32.9 Å². The van der Waals surface area contributed by atoms with Gasteiger partial charge < -0.3 is 19.6 Å². The van der Waals surface area contributed by atoms with Crippen LogP contribution in [0.2, 0.25) is 0 Å². The number of oxazole rings is 1. The molecule has 0 spiro atoms.